The minimum Gasteiger partial charge on any atom is -0.330 e. The van der Waals surface area contributed by atoms with E-state index in [9.17, 15) is 0 Å². The third-order valence-corrected chi connectivity index (χ3v) is 3.72. The van der Waals surface area contributed by atoms with E-state index in [0.29, 0.717) is 5.41 Å². The van der Waals surface area contributed by atoms with Crippen LogP contribution in [0.4, 0.5) is 0 Å². The van der Waals surface area contributed by atoms with E-state index in [1.54, 1.807) is 0 Å². The Morgan fingerprint density at radius 2 is 1.47 bits per heavy atom. The summed E-state index contributed by atoms with van der Waals surface area (Å²) < 4.78 is 0. The summed E-state index contributed by atoms with van der Waals surface area (Å²) in [6.45, 7) is 7.96. The highest BCUT2D eigenvalue weighted by Crippen LogP contribution is 2.33. The fourth-order valence-electron chi connectivity index (χ4n) is 2.13. The van der Waals surface area contributed by atoms with Gasteiger partial charge in [0.05, 0.1) is 0 Å². The highest BCUT2D eigenvalue weighted by atomic mass is 14.5. The molecule has 1 atom stereocenters. The van der Waals surface area contributed by atoms with Crippen molar-refractivity contribution in [3.05, 3.63) is 0 Å². The smallest absolute Gasteiger partial charge is 0.00773 e. The van der Waals surface area contributed by atoms with Crippen molar-refractivity contribution in [1.29, 1.82) is 0 Å². The largest absolute Gasteiger partial charge is 0.330 e. The zero-order valence-electron chi connectivity index (χ0n) is 11.1. The van der Waals surface area contributed by atoms with Gasteiger partial charge < -0.3 is 5.73 Å². The Balaban J connectivity index is 3.58. The van der Waals surface area contributed by atoms with Crippen molar-refractivity contribution in [3.63, 3.8) is 0 Å². The van der Waals surface area contributed by atoms with E-state index in [1.807, 2.05) is 0 Å². The molecule has 1 unspecified atom stereocenters. The Hall–Kier alpha value is -0.0400. The minimum absolute atomic E-state index is 0.610. The standard InChI is InChI=1S/C14H31N/c1-4-6-11-14(3,5-2)12-9-7-8-10-13-15/h4-13,15H2,1-3H3. The molecule has 1 heteroatoms. The normalized spacial score (nSPS) is 15.2. The van der Waals surface area contributed by atoms with Gasteiger partial charge in [-0.15, -0.1) is 0 Å². The minimum atomic E-state index is 0.610. The lowest BCUT2D eigenvalue weighted by molar-refractivity contribution is 0.243. The van der Waals surface area contributed by atoms with Crippen LogP contribution in [-0.4, -0.2) is 6.54 Å². The maximum Gasteiger partial charge on any atom is -0.00773 e. The summed E-state index contributed by atoms with van der Waals surface area (Å²) in [5.41, 5.74) is 6.10. The molecule has 0 aromatic carbocycles. The quantitative estimate of drug-likeness (QED) is 0.531. The summed E-state index contributed by atoms with van der Waals surface area (Å²) in [5.74, 6) is 0. The fraction of sp³-hybridized carbons (Fsp3) is 1.00. The first kappa shape index (κ1) is 15.0. The molecule has 0 saturated carbocycles. The summed E-state index contributed by atoms with van der Waals surface area (Å²) in [4.78, 5) is 0. The van der Waals surface area contributed by atoms with Gasteiger partial charge in [-0.05, 0) is 31.2 Å². The number of rotatable bonds is 10. The second-order valence-electron chi connectivity index (χ2n) is 5.22. The van der Waals surface area contributed by atoms with Gasteiger partial charge in [-0.2, -0.15) is 0 Å². The molecule has 0 bridgehead atoms. The van der Waals surface area contributed by atoms with E-state index in [0.717, 1.165) is 6.54 Å². The highest BCUT2D eigenvalue weighted by Gasteiger charge is 2.20. The third-order valence-electron chi connectivity index (χ3n) is 3.72. The summed E-state index contributed by atoms with van der Waals surface area (Å²) in [5, 5.41) is 0. The number of hydrogen-bond acceptors (Lipinski definition) is 1. The van der Waals surface area contributed by atoms with Crippen molar-refractivity contribution in [3.8, 4) is 0 Å². The second kappa shape index (κ2) is 9.21. The lowest BCUT2D eigenvalue weighted by Crippen LogP contribution is -2.15. The van der Waals surface area contributed by atoms with Crippen molar-refractivity contribution in [2.24, 2.45) is 11.1 Å². The Kier molecular flexibility index (Phi) is 9.18. The summed E-state index contributed by atoms with van der Waals surface area (Å²) in [6, 6.07) is 0. The SMILES string of the molecule is CCCCC(C)(CC)CCCCCCN. The maximum absolute atomic E-state index is 5.49. The van der Waals surface area contributed by atoms with Crippen molar-refractivity contribution in [1.82, 2.24) is 0 Å². The van der Waals surface area contributed by atoms with E-state index < -0.39 is 0 Å². The number of nitrogens with two attached hydrogens (primary N) is 1. The van der Waals surface area contributed by atoms with Gasteiger partial charge in [0.25, 0.3) is 0 Å². The molecule has 15 heavy (non-hydrogen) atoms. The van der Waals surface area contributed by atoms with Gasteiger partial charge in [0.1, 0.15) is 0 Å². The van der Waals surface area contributed by atoms with Crippen LogP contribution < -0.4 is 5.73 Å². The molecular weight excluding hydrogens is 182 g/mol. The van der Waals surface area contributed by atoms with Crippen molar-refractivity contribution in [2.45, 2.75) is 78.6 Å². The molecule has 92 valence electrons. The average Bonchev–Trinajstić information content (AvgIpc) is 2.26. The lowest BCUT2D eigenvalue weighted by Gasteiger charge is -2.28. The molecule has 1 nitrogen and oxygen atoms in total. The van der Waals surface area contributed by atoms with Crippen LogP contribution >= 0.6 is 0 Å². The van der Waals surface area contributed by atoms with Gasteiger partial charge in [-0.1, -0.05) is 59.3 Å². The van der Waals surface area contributed by atoms with Gasteiger partial charge in [-0.3, -0.25) is 0 Å². The Morgan fingerprint density at radius 3 is 2.00 bits per heavy atom. The predicted octanol–water partition coefficient (Wildman–Crippen LogP) is 4.50. The first-order valence-corrected chi connectivity index (χ1v) is 6.88. The van der Waals surface area contributed by atoms with Gasteiger partial charge >= 0.3 is 0 Å². The molecule has 0 aromatic heterocycles. The van der Waals surface area contributed by atoms with Gasteiger partial charge in [0, 0.05) is 0 Å². The molecule has 0 aromatic rings. The van der Waals surface area contributed by atoms with Gasteiger partial charge in [-0.25, -0.2) is 0 Å². The Labute approximate surface area is 96.8 Å². The molecule has 0 aliphatic carbocycles. The molecule has 2 N–H and O–H groups in total. The molecule has 0 radical (unpaired) electrons. The molecule has 0 rings (SSSR count). The lowest BCUT2D eigenvalue weighted by atomic mass is 9.78. The number of unbranched alkanes of at least 4 members (excludes halogenated alkanes) is 4. The van der Waals surface area contributed by atoms with E-state index in [1.165, 1.54) is 57.8 Å². The topological polar surface area (TPSA) is 26.0 Å². The monoisotopic (exact) mass is 213 g/mol. The fourth-order valence-corrected chi connectivity index (χ4v) is 2.13. The van der Waals surface area contributed by atoms with Crippen molar-refractivity contribution >= 4 is 0 Å². The summed E-state index contributed by atoms with van der Waals surface area (Å²) >= 11 is 0. The highest BCUT2D eigenvalue weighted by molar-refractivity contribution is 4.72. The van der Waals surface area contributed by atoms with Crippen molar-refractivity contribution in [2.75, 3.05) is 6.54 Å². The van der Waals surface area contributed by atoms with Crippen molar-refractivity contribution < 1.29 is 0 Å². The first-order valence-electron chi connectivity index (χ1n) is 6.88. The molecule has 0 aliphatic heterocycles. The summed E-state index contributed by atoms with van der Waals surface area (Å²) in [7, 11) is 0. The molecule has 0 amide bonds. The first-order chi connectivity index (χ1) is 7.18. The van der Waals surface area contributed by atoms with Gasteiger partial charge in [0.2, 0.25) is 0 Å². The average molecular weight is 213 g/mol. The van der Waals surface area contributed by atoms with Crippen LogP contribution in [0.5, 0.6) is 0 Å². The zero-order valence-corrected chi connectivity index (χ0v) is 11.1. The third kappa shape index (κ3) is 7.84. The molecule has 0 saturated heterocycles. The Morgan fingerprint density at radius 1 is 0.867 bits per heavy atom. The maximum atomic E-state index is 5.49. The molecule has 0 aliphatic rings. The number of hydrogen-bond donors (Lipinski definition) is 1. The second-order valence-corrected chi connectivity index (χ2v) is 5.22. The van der Waals surface area contributed by atoms with E-state index in [4.69, 9.17) is 5.73 Å². The van der Waals surface area contributed by atoms with Crippen LogP contribution in [0.15, 0.2) is 0 Å². The van der Waals surface area contributed by atoms with Crippen LogP contribution in [-0.2, 0) is 0 Å². The van der Waals surface area contributed by atoms with E-state index >= 15 is 0 Å². The molecule has 0 heterocycles. The van der Waals surface area contributed by atoms with Crippen LogP contribution in [0, 0.1) is 5.41 Å². The van der Waals surface area contributed by atoms with Crippen LogP contribution in [0.3, 0.4) is 0 Å². The van der Waals surface area contributed by atoms with Crippen LogP contribution in [0.1, 0.15) is 78.6 Å². The van der Waals surface area contributed by atoms with E-state index in [-0.39, 0.29) is 0 Å². The van der Waals surface area contributed by atoms with E-state index in [2.05, 4.69) is 20.8 Å². The van der Waals surface area contributed by atoms with Gasteiger partial charge in [0.15, 0.2) is 0 Å². The Bertz CT molecular complexity index is 133. The predicted molar refractivity (Wildman–Crippen MR) is 70.1 cm³/mol. The van der Waals surface area contributed by atoms with Crippen LogP contribution in [0.25, 0.3) is 0 Å². The summed E-state index contributed by atoms with van der Waals surface area (Å²) in [6.07, 6.45) is 12.2. The molecule has 0 spiro atoms. The molecule has 0 fully saturated rings. The van der Waals surface area contributed by atoms with Crippen LogP contribution in [0.2, 0.25) is 0 Å². The zero-order chi connectivity index (χ0) is 11.6. The molecular formula is C14H31N.